The first kappa shape index (κ1) is 8.36. The first-order chi connectivity index (χ1) is 7.34. The van der Waals surface area contributed by atoms with Crippen LogP contribution in [0.25, 0.3) is 21.7 Å². The number of pyridine rings is 1. The first-order valence-corrected chi connectivity index (χ1v) is 4.77. The molecule has 0 aliphatic carbocycles. The van der Waals surface area contributed by atoms with Gasteiger partial charge in [0.05, 0.1) is 5.52 Å². The summed E-state index contributed by atoms with van der Waals surface area (Å²) in [7, 11) is 0. The molecule has 0 aliphatic heterocycles. The van der Waals surface area contributed by atoms with Crippen molar-refractivity contribution in [1.29, 1.82) is 0 Å². The van der Waals surface area contributed by atoms with E-state index in [1.807, 2.05) is 24.3 Å². The van der Waals surface area contributed by atoms with Crippen molar-refractivity contribution >= 4 is 21.7 Å². The third-order valence-electron chi connectivity index (χ3n) is 2.55. The number of fused-ring (bicyclic) bond motifs is 3. The van der Waals surface area contributed by atoms with Crippen molar-refractivity contribution in [3.8, 4) is 0 Å². The van der Waals surface area contributed by atoms with Crippen molar-refractivity contribution in [3.05, 3.63) is 54.5 Å². The zero-order chi connectivity index (χ0) is 10.3. The molecule has 3 rings (SSSR count). The number of halogens is 1. The Kier molecular flexibility index (Phi) is 1.68. The zero-order valence-corrected chi connectivity index (χ0v) is 7.94. The van der Waals surface area contributed by atoms with Crippen LogP contribution in [0, 0.1) is 5.82 Å². The molecule has 0 saturated carbocycles. The molecule has 1 aromatic heterocycles. The topological polar surface area (TPSA) is 12.9 Å². The van der Waals surface area contributed by atoms with Crippen LogP contribution in [-0.4, -0.2) is 4.98 Å². The van der Waals surface area contributed by atoms with Gasteiger partial charge in [0.1, 0.15) is 5.82 Å². The molecule has 1 heterocycles. The number of hydrogen-bond acceptors (Lipinski definition) is 1. The van der Waals surface area contributed by atoms with Crippen LogP contribution in [0.1, 0.15) is 0 Å². The molecule has 0 N–H and O–H groups in total. The summed E-state index contributed by atoms with van der Waals surface area (Å²) >= 11 is 0. The van der Waals surface area contributed by atoms with Crippen LogP contribution in [0.3, 0.4) is 0 Å². The molecule has 0 aliphatic rings. The van der Waals surface area contributed by atoms with Crippen molar-refractivity contribution in [2.45, 2.75) is 0 Å². The minimum atomic E-state index is -0.222. The minimum Gasteiger partial charge on any atom is -0.256 e. The highest BCUT2D eigenvalue weighted by Crippen LogP contribution is 2.23. The molecule has 15 heavy (non-hydrogen) atoms. The summed E-state index contributed by atoms with van der Waals surface area (Å²) in [5.74, 6) is -0.222. The average Bonchev–Trinajstić information content (AvgIpc) is 2.29. The van der Waals surface area contributed by atoms with Gasteiger partial charge in [0.25, 0.3) is 0 Å². The largest absolute Gasteiger partial charge is 0.256 e. The molecule has 0 amide bonds. The molecule has 0 atom stereocenters. The summed E-state index contributed by atoms with van der Waals surface area (Å²) in [6.07, 6.45) is 1.73. The molecular formula is C13H8FN. The lowest BCUT2D eigenvalue weighted by atomic mass is 10.1. The Labute approximate surface area is 86.2 Å². The van der Waals surface area contributed by atoms with Gasteiger partial charge < -0.3 is 0 Å². The van der Waals surface area contributed by atoms with Crippen LogP contribution in [0.2, 0.25) is 0 Å². The molecule has 2 aromatic carbocycles. The van der Waals surface area contributed by atoms with Gasteiger partial charge in [-0.2, -0.15) is 0 Å². The molecule has 72 valence electrons. The highest BCUT2D eigenvalue weighted by atomic mass is 19.1. The Bertz CT molecular complexity index is 646. The summed E-state index contributed by atoms with van der Waals surface area (Å²) in [6.45, 7) is 0. The van der Waals surface area contributed by atoms with E-state index in [0.29, 0.717) is 0 Å². The van der Waals surface area contributed by atoms with Crippen molar-refractivity contribution in [1.82, 2.24) is 4.98 Å². The van der Waals surface area contributed by atoms with Gasteiger partial charge in [-0.1, -0.05) is 24.3 Å². The molecule has 3 aromatic rings. The predicted molar refractivity (Wildman–Crippen MR) is 59.2 cm³/mol. The van der Waals surface area contributed by atoms with E-state index < -0.39 is 0 Å². The fraction of sp³-hybridized carbons (Fsp3) is 0. The van der Waals surface area contributed by atoms with E-state index in [0.717, 1.165) is 21.7 Å². The minimum absolute atomic E-state index is 0.222. The number of rotatable bonds is 0. The first-order valence-electron chi connectivity index (χ1n) is 4.77. The molecular weight excluding hydrogens is 189 g/mol. The second kappa shape index (κ2) is 3.02. The van der Waals surface area contributed by atoms with Gasteiger partial charge in [0.2, 0.25) is 0 Å². The summed E-state index contributed by atoms with van der Waals surface area (Å²) in [6, 6.07) is 12.6. The SMILES string of the molecule is Fc1ccc2ccc3cccnc3c2c1. The monoisotopic (exact) mass is 197 g/mol. The smallest absolute Gasteiger partial charge is 0.123 e. The van der Waals surface area contributed by atoms with E-state index in [4.69, 9.17) is 0 Å². The van der Waals surface area contributed by atoms with Gasteiger partial charge in [-0.05, 0) is 23.6 Å². The van der Waals surface area contributed by atoms with Crippen LogP contribution in [-0.2, 0) is 0 Å². The highest BCUT2D eigenvalue weighted by Gasteiger charge is 2.01. The third-order valence-corrected chi connectivity index (χ3v) is 2.55. The van der Waals surface area contributed by atoms with E-state index in [1.54, 1.807) is 12.3 Å². The Morgan fingerprint density at radius 1 is 0.933 bits per heavy atom. The molecule has 0 spiro atoms. The predicted octanol–water partition coefficient (Wildman–Crippen LogP) is 3.53. The molecule has 0 bridgehead atoms. The second-order valence-corrected chi connectivity index (χ2v) is 3.51. The van der Waals surface area contributed by atoms with E-state index >= 15 is 0 Å². The summed E-state index contributed by atoms with van der Waals surface area (Å²) in [5, 5.41) is 2.92. The van der Waals surface area contributed by atoms with Crippen LogP contribution in [0.5, 0.6) is 0 Å². The molecule has 2 heteroatoms. The molecule has 0 radical (unpaired) electrons. The summed E-state index contributed by atoms with van der Waals surface area (Å²) in [4.78, 5) is 4.28. The van der Waals surface area contributed by atoms with Gasteiger partial charge in [0.15, 0.2) is 0 Å². The number of nitrogens with zero attached hydrogens (tertiary/aromatic N) is 1. The van der Waals surface area contributed by atoms with E-state index in [2.05, 4.69) is 4.98 Å². The van der Waals surface area contributed by atoms with Crippen molar-refractivity contribution in [2.24, 2.45) is 0 Å². The second-order valence-electron chi connectivity index (χ2n) is 3.51. The Morgan fingerprint density at radius 2 is 1.73 bits per heavy atom. The Hall–Kier alpha value is -1.96. The maximum Gasteiger partial charge on any atom is 0.123 e. The van der Waals surface area contributed by atoms with Gasteiger partial charge in [-0.3, -0.25) is 4.98 Å². The third kappa shape index (κ3) is 1.26. The van der Waals surface area contributed by atoms with Crippen LogP contribution in [0.4, 0.5) is 4.39 Å². The number of aromatic nitrogens is 1. The zero-order valence-electron chi connectivity index (χ0n) is 7.94. The van der Waals surface area contributed by atoms with Crippen molar-refractivity contribution < 1.29 is 4.39 Å². The van der Waals surface area contributed by atoms with E-state index in [1.165, 1.54) is 12.1 Å². The highest BCUT2D eigenvalue weighted by molar-refractivity contribution is 6.04. The summed E-state index contributed by atoms with van der Waals surface area (Å²) < 4.78 is 13.1. The van der Waals surface area contributed by atoms with Crippen molar-refractivity contribution in [3.63, 3.8) is 0 Å². The van der Waals surface area contributed by atoms with Crippen LogP contribution >= 0.6 is 0 Å². The maximum absolute atomic E-state index is 13.1. The lowest BCUT2D eigenvalue weighted by Gasteiger charge is -2.02. The Morgan fingerprint density at radius 3 is 2.67 bits per heavy atom. The van der Waals surface area contributed by atoms with E-state index in [9.17, 15) is 4.39 Å². The number of hydrogen-bond donors (Lipinski definition) is 0. The van der Waals surface area contributed by atoms with Gasteiger partial charge in [0, 0.05) is 17.0 Å². The van der Waals surface area contributed by atoms with Crippen LogP contribution < -0.4 is 0 Å². The molecule has 0 unspecified atom stereocenters. The fourth-order valence-electron chi connectivity index (χ4n) is 1.84. The quantitative estimate of drug-likeness (QED) is 0.502. The lowest BCUT2D eigenvalue weighted by molar-refractivity contribution is 0.630. The summed E-state index contributed by atoms with van der Waals surface area (Å²) in [5.41, 5.74) is 0.856. The molecule has 0 fully saturated rings. The van der Waals surface area contributed by atoms with Gasteiger partial charge in [-0.25, -0.2) is 4.39 Å². The lowest BCUT2D eigenvalue weighted by Crippen LogP contribution is -1.82. The van der Waals surface area contributed by atoms with Gasteiger partial charge in [-0.15, -0.1) is 0 Å². The van der Waals surface area contributed by atoms with Crippen molar-refractivity contribution in [2.75, 3.05) is 0 Å². The van der Waals surface area contributed by atoms with Crippen LogP contribution in [0.15, 0.2) is 48.7 Å². The Balaban J connectivity index is 2.57. The standard InChI is InChI=1S/C13H8FN/c14-11-6-5-9-3-4-10-2-1-7-15-13(10)12(9)8-11/h1-8H. The molecule has 1 nitrogen and oxygen atoms in total. The normalized spacial score (nSPS) is 11.0. The van der Waals surface area contributed by atoms with E-state index in [-0.39, 0.29) is 5.82 Å². The number of benzene rings is 2. The fourth-order valence-corrected chi connectivity index (χ4v) is 1.84. The average molecular weight is 197 g/mol. The maximum atomic E-state index is 13.1. The van der Waals surface area contributed by atoms with Gasteiger partial charge >= 0.3 is 0 Å². The molecule has 0 saturated heterocycles.